The van der Waals surface area contributed by atoms with Crippen molar-refractivity contribution >= 4 is 35.0 Å². The summed E-state index contributed by atoms with van der Waals surface area (Å²) >= 11 is 7.51. The molecule has 1 aromatic carbocycles. The minimum absolute atomic E-state index is 0.0693. The van der Waals surface area contributed by atoms with Gasteiger partial charge in [0.2, 0.25) is 0 Å². The summed E-state index contributed by atoms with van der Waals surface area (Å²) in [4.78, 5) is 23.3. The summed E-state index contributed by atoms with van der Waals surface area (Å²) < 4.78 is 0. The summed E-state index contributed by atoms with van der Waals surface area (Å²) in [7, 11) is 0. The van der Waals surface area contributed by atoms with Crippen molar-refractivity contribution in [3.63, 3.8) is 0 Å². The number of hydrogen-bond donors (Lipinski definition) is 0. The number of halogens is 1. The van der Waals surface area contributed by atoms with Gasteiger partial charge in [0.1, 0.15) is 5.03 Å². The van der Waals surface area contributed by atoms with Gasteiger partial charge in [-0.05, 0) is 61.0 Å². The molecule has 0 radical (unpaired) electrons. The Morgan fingerprint density at radius 1 is 1.08 bits per heavy atom. The fourth-order valence-corrected chi connectivity index (χ4v) is 3.58. The van der Waals surface area contributed by atoms with Crippen LogP contribution in [0.1, 0.15) is 22.8 Å². The zero-order valence-corrected chi connectivity index (χ0v) is 15.9. The minimum atomic E-state index is -0.0693. The Morgan fingerprint density at radius 2 is 1.81 bits per heavy atom. The molecule has 0 spiro atoms. The molecule has 4 nitrogen and oxygen atoms in total. The van der Waals surface area contributed by atoms with Gasteiger partial charge in [-0.2, -0.15) is 0 Å². The highest BCUT2D eigenvalue weighted by Crippen LogP contribution is 2.27. The average Bonchev–Trinajstić information content (AvgIpc) is 2.69. The van der Waals surface area contributed by atoms with Crippen molar-refractivity contribution in [1.29, 1.82) is 0 Å². The van der Waals surface area contributed by atoms with Crippen molar-refractivity contribution in [2.24, 2.45) is 0 Å². The monoisotopic (exact) mass is 383 g/mol. The first-order valence-electron chi connectivity index (χ1n) is 8.23. The van der Waals surface area contributed by atoms with Crippen molar-refractivity contribution in [1.82, 2.24) is 9.97 Å². The van der Waals surface area contributed by atoms with Crippen LogP contribution in [0.5, 0.6) is 0 Å². The second-order valence-electron chi connectivity index (χ2n) is 5.53. The van der Waals surface area contributed by atoms with E-state index in [9.17, 15) is 4.79 Å². The Hall–Kier alpha value is -2.37. The van der Waals surface area contributed by atoms with Crippen molar-refractivity contribution in [2.45, 2.75) is 17.7 Å². The van der Waals surface area contributed by atoms with Crippen LogP contribution >= 0.6 is 23.4 Å². The quantitative estimate of drug-likeness (QED) is 0.556. The highest BCUT2D eigenvalue weighted by Gasteiger charge is 2.20. The van der Waals surface area contributed by atoms with Crippen LogP contribution < -0.4 is 4.90 Å². The van der Waals surface area contributed by atoms with Gasteiger partial charge in [0.15, 0.2) is 0 Å². The number of rotatable bonds is 6. The topological polar surface area (TPSA) is 46.1 Å². The first-order valence-corrected chi connectivity index (χ1v) is 9.59. The number of aromatic nitrogens is 2. The van der Waals surface area contributed by atoms with Gasteiger partial charge in [-0.25, -0.2) is 4.98 Å². The van der Waals surface area contributed by atoms with Crippen LogP contribution in [0.25, 0.3) is 0 Å². The van der Waals surface area contributed by atoms with Gasteiger partial charge < -0.3 is 4.90 Å². The molecule has 0 atom stereocenters. The van der Waals surface area contributed by atoms with Crippen LogP contribution in [0.15, 0.2) is 72.1 Å². The van der Waals surface area contributed by atoms with Gasteiger partial charge in [-0.15, -0.1) is 11.8 Å². The minimum Gasteiger partial charge on any atom is -0.309 e. The van der Waals surface area contributed by atoms with Gasteiger partial charge in [0, 0.05) is 41.6 Å². The van der Waals surface area contributed by atoms with E-state index in [4.69, 9.17) is 11.6 Å². The third-order valence-corrected chi connectivity index (χ3v) is 5.15. The summed E-state index contributed by atoms with van der Waals surface area (Å²) in [6, 6.07) is 14.8. The maximum absolute atomic E-state index is 13.1. The second-order valence-corrected chi connectivity index (χ2v) is 6.93. The Kier molecular flexibility index (Phi) is 6.26. The smallest absolute Gasteiger partial charge is 0.261 e. The summed E-state index contributed by atoms with van der Waals surface area (Å²) in [5, 5.41) is 1.37. The largest absolute Gasteiger partial charge is 0.309 e. The Balaban J connectivity index is 1.83. The van der Waals surface area contributed by atoms with E-state index in [0.29, 0.717) is 17.1 Å². The molecule has 0 fully saturated rings. The van der Waals surface area contributed by atoms with E-state index < -0.39 is 0 Å². The van der Waals surface area contributed by atoms with Gasteiger partial charge in [0.25, 0.3) is 5.91 Å². The molecule has 0 bridgehead atoms. The number of hydrogen-bond acceptors (Lipinski definition) is 4. The molecule has 132 valence electrons. The summed E-state index contributed by atoms with van der Waals surface area (Å²) in [5.41, 5.74) is 2.55. The summed E-state index contributed by atoms with van der Waals surface area (Å²) in [6.07, 6.45) is 5.24. The highest BCUT2D eigenvalue weighted by atomic mass is 35.5. The number of pyridine rings is 2. The molecule has 0 saturated carbocycles. The maximum atomic E-state index is 13.1. The first-order chi connectivity index (χ1) is 12.7. The molecule has 0 aliphatic rings. The molecule has 0 aliphatic heterocycles. The maximum Gasteiger partial charge on any atom is 0.261 e. The van der Waals surface area contributed by atoms with Crippen molar-refractivity contribution in [2.75, 3.05) is 11.4 Å². The van der Waals surface area contributed by atoms with Crippen LogP contribution in [0.2, 0.25) is 5.02 Å². The van der Waals surface area contributed by atoms with Crippen LogP contribution in [-0.4, -0.2) is 22.4 Å². The molecule has 0 unspecified atom stereocenters. The van der Waals surface area contributed by atoms with Gasteiger partial charge in [-0.3, -0.25) is 9.78 Å². The van der Waals surface area contributed by atoms with Crippen LogP contribution in [0.4, 0.5) is 5.69 Å². The van der Waals surface area contributed by atoms with Crippen molar-refractivity contribution < 1.29 is 4.79 Å². The Bertz CT molecular complexity index is 872. The number of benzene rings is 1. The number of nitrogens with zero attached hydrogens (tertiary/aromatic N) is 3. The molecular formula is C20H18ClN3OS. The highest BCUT2D eigenvalue weighted by molar-refractivity contribution is 7.98. The lowest BCUT2D eigenvalue weighted by Gasteiger charge is -2.22. The van der Waals surface area contributed by atoms with Gasteiger partial charge in [0.05, 0.1) is 5.56 Å². The third-order valence-electron chi connectivity index (χ3n) is 3.83. The molecule has 0 saturated heterocycles. The SMILES string of the molecule is CCN(C(=O)c1cccnc1SCc1ccncc1)c1ccc(Cl)cc1. The van der Waals surface area contributed by atoms with E-state index in [2.05, 4.69) is 9.97 Å². The number of carbonyl (C=O) groups excluding carboxylic acids is 1. The van der Waals surface area contributed by atoms with E-state index in [0.717, 1.165) is 22.0 Å². The molecule has 1 amide bonds. The van der Waals surface area contributed by atoms with E-state index >= 15 is 0 Å². The van der Waals surface area contributed by atoms with Gasteiger partial charge in [-0.1, -0.05) is 11.6 Å². The molecular weight excluding hydrogens is 366 g/mol. The lowest BCUT2D eigenvalue weighted by Crippen LogP contribution is -2.31. The standard InChI is InChI=1S/C20H18ClN3OS/c1-2-24(17-7-5-16(21)6-8-17)20(25)18-4-3-11-23-19(18)26-14-15-9-12-22-13-10-15/h3-13H,2,14H2,1H3. The summed E-state index contributed by atoms with van der Waals surface area (Å²) in [5.74, 6) is 0.660. The lowest BCUT2D eigenvalue weighted by atomic mass is 10.2. The number of carbonyl (C=O) groups is 1. The van der Waals surface area contributed by atoms with Crippen LogP contribution in [-0.2, 0) is 5.75 Å². The van der Waals surface area contributed by atoms with Crippen LogP contribution in [0, 0.1) is 0 Å². The normalized spacial score (nSPS) is 10.5. The fraction of sp³-hybridized carbons (Fsp3) is 0.150. The summed E-state index contributed by atoms with van der Waals surface area (Å²) in [6.45, 7) is 2.51. The molecule has 26 heavy (non-hydrogen) atoms. The number of anilines is 1. The molecule has 2 heterocycles. The van der Waals surface area contributed by atoms with E-state index in [1.54, 1.807) is 53.5 Å². The zero-order valence-electron chi connectivity index (χ0n) is 14.3. The molecule has 2 aromatic heterocycles. The van der Waals surface area contributed by atoms with E-state index in [-0.39, 0.29) is 5.91 Å². The predicted molar refractivity (Wildman–Crippen MR) is 107 cm³/mol. The predicted octanol–water partition coefficient (Wildman–Crippen LogP) is 5.09. The molecule has 0 N–H and O–H groups in total. The molecule has 3 rings (SSSR count). The first kappa shape index (κ1) is 18.4. The van der Waals surface area contributed by atoms with Crippen molar-refractivity contribution in [3.05, 3.63) is 83.3 Å². The van der Waals surface area contributed by atoms with Gasteiger partial charge >= 0.3 is 0 Å². The molecule has 0 aliphatic carbocycles. The number of amides is 1. The second kappa shape index (κ2) is 8.83. The average molecular weight is 384 g/mol. The number of thioether (sulfide) groups is 1. The van der Waals surface area contributed by atoms with E-state index in [1.165, 1.54) is 0 Å². The van der Waals surface area contributed by atoms with E-state index in [1.807, 2.05) is 37.3 Å². The molecule has 6 heteroatoms. The Labute approximate surface area is 162 Å². The third kappa shape index (κ3) is 4.42. The zero-order chi connectivity index (χ0) is 18.4. The van der Waals surface area contributed by atoms with Crippen molar-refractivity contribution in [3.8, 4) is 0 Å². The lowest BCUT2D eigenvalue weighted by molar-refractivity contribution is 0.0985. The fourth-order valence-electron chi connectivity index (χ4n) is 2.51. The Morgan fingerprint density at radius 3 is 2.50 bits per heavy atom. The van der Waals surface area contributed by atoms with Crippen LogP contribution in [0.3, 0.4) is 0 Å². The molecule has 3 aromatic rings.